The van der Waals surface area contributed by atoms with Crippen molar-refractivity contribution >= 4 is 38.4 Å². The van der Waals surface area contributed by atoms with Crippen LogP contribution in [-0.2, 0) is 4.79 Å². The van der Waals surface area contributed by atoms with Gasteiger partial charge in [-0.05, 0) is 37.8 Å². The fourth-order valence-corrected chi connectivity index (χ4v) is 6.08. The van der Waals surface area contributed by atoms with E-state index in [9.17, 15) is 4.79 Å². The van der Waals surface area contributed by atoms with Crippen molar-refractivity contribution in [1.29, 1.82) is 0 Å². The van der Waals surface area contributed by atoms with E-state index in [4.69, 9.17) is 4.98 Å². The normalized spacial score (nSPS) is 17.4. The molecular weight excluding hydrogens is 448 g/mol. The van der Waals surface area contributed by atoms with Crippen molar-refractivity contribution in [2.24, 2.45) is 0 Å². The second-order valence-corrected chi connectivity index (χ2v) is 10.5. The summed E-state index contributed by atoms with van der Waals surface area (Å²) in [4.78, 5) is 30.7. The van der Waals surface area contributed by atoms with Crippen LogP contribution < -0.4 is 10.2 Å². The molecule has 180 valence electrons. The molecule has 5 rings (SSSR count). The first-order valence-electron chi connectivity index (χ1n) is 11.8. The largest absolute Gasteiger partial charge is 0.358 e. The average Bonchev–Trinajstić information content (AvgIpc) is 3.50. The molecule has 0 aliphatic carbocycles. The van der Waals surface area contributed by atoms with Gasteiger partial charge >= 0.3 is 0 Å². The van der Waals surface area contributed by atoms with Crippen LogP contribution in [0.25, 0.3) is 27.3 Å². The molecule has 4 aromatic heterocycles. The van der Waals surface area contributed by atoms with Crippen LogP contribution in [0.2, 0.25) is 0 Å². The van der Waals surface area contributed by atoms with Crippen molar-refractivity contribution in [2.45, 2.75) is 46.6 Å². The molecule has 0 bridgehead atoms. The fraction of sp³-hybridized carbons (Fsp3) is 0.500. The zero-order valence-electron chi connectivity index (χ0n) is 20.6. The summed E-state index contributed by atoms with van der Waals surface area (Å²) in [6.07, 6.45) is 3.67. The van der Waals surface area contributed by atoms with Crippen LogP contribution in [0.5, 0.6) is 0 Å². The van der Waals surface area contributed by atoms with Crippen molar-refractivity contribution in [1.82, 2.24) is 34.8 Å². The van der Waals surface area contributed by atoms with Gasteiger partial charge < -0.3 is 15.2 Å². The standard InChI is InChI=1S/C24H32N8OS/c1-13(2)19-20(17-10-32-22(26-12-27-32)16(5)15(17)4)28-23-21(19)29-24(34-23)31-8-7-30(9-14(31)3)11-18(33)25-6/h10,12-14,28H,7-9,11H2,1-6H3,(H,25,33). The number of aryl methyl sites for hydroxylation is 1. The van der Waals surface area contributed by atoms with Crippen molar-refractivity contribution < 1.29 is 4.79 Å². The fourth-order valence-electron chi connectivity index (χ4n) is 4.97. The molecule has 0 spiro atoms. The smallest absolute Gasteiger partial charge is 0.233 e. The van der Waals surface area contributed by atoms with Crippen LogP contribution in [0.15, 0.2) is 12.5 Å². The van der Waals surface area contributed by atoms with Gasteiger partial charge in [0.25, 0.3) is 0 Å². The number of thiazole rings is 1. The Hall–Kier alpha value is -2.98. The maximum absolute atomic E-state index is 11.8. The van der Waals surface area contributed by atoms with Crippen LogP contribution in [0, 0.1) is 13.8 Å². The molecule has 1 unspecified atom stereocenters. The minimum Gasteiger partial charge on any atom is -0.358 e. The van der Waals surface area contributed by atoms with Gasteiger partial charge in [0.1, 0.15) is 16.7 Å². The SMILES string of the molecule is CNC(=O)CN1CCN(c2nc3c(C(C)C)c(-c4cn5ncnc5c(C)c4C)[nH]c3s2)C(C)C1. The maximum atomic E-state index is 11.8. The summed E-state index contributed by atoms with van der Waals surface area (Å²) in [5, 5.41) is 8.14. The number of aromatic amines is 1. The molecular formula is C24H32N8OS. The van der Waals surface area contributed by atoms with E-state index in [2.05, 4.69) is 71.0 Å². The lowest BCUT2D eigenvalue weighted by molar-refractivity contribution is -0.121. The summed E-state index contributed by atoms with van der Waals surface area (Å²) in [5.74, 6) is 0.374. The number of nitrogens with zero attached hydrogens (tertiary/aromatic N) is 6. The lowest BCUT2D eigenvalue weighted by Crippen LogP contribution is -2.53. The van der Waals surface area contributed by atoms with Crippen molar-refractivity contribution in [2.75, 3.05) is 38.1 Å². The van der Waals surface area contributed by atoms with Gasteiger partial charge in [-0.3, -0.25) is 9.69 Å². The summed E-state index contributed by atoms with van der Waals surface area (Å²) < 4.78 is 1.86. The van der Waals surface area contributed by atoms with E-state index in [1.807, 2.05) is 4.52 Å². The van der Waals surface area contributed by atoms with Crippen molar-refractivity contribution in [3.05, 3.63) is 29.2 Å². The second kappa shape index (κ2) is 8.66. The van der Waals surface area contributed by atoms with Gasteiger partial charge in [0, 0.05) is 50.0 Å². The first kappa shape index (κ1) is 22.8. The molecule has 1 aliphatic rings. The van der Waals surface area contributed by atoms with Crippen LogP contribution in [0.4, 0.5) is 5.13 Å². The minimum absolute atomic E-state index is 0.0620. The number of pyridine rings is 1. The molecule has 0 radical (unpaired) electrons. The van der Waals surface area contributed by atoms with Gasteiger partial charge in [-0.25, -0.2) is 14.5 Å². The third-order valence-electron chi connectivity index (χ3n) is 6.96. The number of aromatic nitrogens is 5. The van der Waals surface area contributed by atoms with E-state index in [1.54, 1.807) is 24.7 Å². The van der Waals surface area contributed by atoms with Crippen LogP contribution in [0.3, 0.4) is 0 Å². The highest BCUT2D eigenvalue weighted by Gasteiger charge is 2.29. The molecule has 5 heterocycles. The molecule has 1 aliphatic heterocycles. The molecule has 9 nitrogen and oxygen atoms in total. The molecule has 0 saturated carbocycles. The van der Waals surface area contributed by atoms with Gasteiger partial charge in [0.15, 0.2) is 10.8 Å². The predicted octanol–water partition coefficient (Wildman–Crippen LogP) is 3.33. The summed E-state index contributed by atoms with van der Waals surface area (Å²) in [7, 11) is 1.69. The number of fused-ring (bicyclic) bond motifs is 2. The molecule has 4 aromatic rings. The monoisotopic (exact) mass is 480 g/mol. The Morgan fingerprint density at radius 1 is 1.29 bits per heavy atom. The molecule has 34 heavy (non-hydrogen) atoms. The average molecular weight is 481 g/mol. The number of hydrogen-bond acceptors (Lipinski definition) is 7. The highest BCUT2D eigenvalue weighted by molar-refractivity contribution is 7.21. The van der Waals surface area contributed by atoms with Crippen LogP contribution in [-0.4, -0.2) is 74.6 Å². The Balaban J connectivity index is 1.50. The summed E-state index contributed by atoms with van der Waals surface area (Å²) >= 11 is 1.72. The number of piperazine rings is 1. The van der Waals surface area contributed by atoms with Gasteiger partial charge in [-0.1, -0.05) is 25.2 Å². The third-order valence-corrected chi connectivity index (χ3v) is 7.96. The number of carbonyl (C=O) groups is 1. The van der Waals surface area contributed by atoms with Crippen molar-refractivity contribution in [3.63, 3.8) is 0 Å². The minimum atomic E-state index is 0.0620. The predicted molar refractivity (Wildman–Crippen MR) is 137 cm³/mol. The molecule has 0 aromatic carbocycles. The first-order valence-corrected chi connectivity index (χ1v) is 12.6. The van der Waals surface area contributed by atoms with Gasteiger partial charge in [-0.2, -0.15) is 5.10 Å². The summed E-state index contributed by atoms with van der Waals surface area (Å²) in [5.41, 5.74) is 7.80. The number of likely N-dealkylation sites (N-methyl/N-ethyl adjacent to an activating group) is 1. The number of H-pyrrole nitrogens is 1. The zero-order chi connectivity index (χ0) is 24.1. The number of hydrogen-bond donors (Lipinski definition) is 2. The number of rotatable bonds is 5. The lowest BCUT2D eigenvalue weighted by atomic mass is 9.96. The first-order chi connectivity index (χ1) is 16.3. The molecule has 10 heteroatoms. The Bertz CT molecular complexity index is 1370. The summed E-state index contributed by atoms with van der Waals surface area (Å²) in [6.45, 7) is 13.9. The Morgan fingerprint density at radius 2 is 2.09 bits per heavy atom. The van der Waals surface area contributed by atoms with E-state index in [0.29, 0.717) is 12.5 Å². The number of amides is 1. The second-order valence-electron chi connectivity index (χ2n) is 9.51. The van der Waals surface area contributed by atoms with E-state index in [-0.39, 0.29) is 11.9 Å². The molecule has 1 saturated heterocycles. The number of nitrogens with one attached hydrogen (secondary N) is 2. The quantitative estimate of drug-likeness (QED) is 0.455. The van der Waals surface area contributed by atoms with Crippen LogP contribution in [0.1, 0.15) is 43.4 Å². The van der Waals surface area contributed by atoms with Crippen LogP contribution >= 0.6 is 11.3 Å². The zero-order valence-corrected chi connectivity index (χ0v) is 21.5. The van der Waals surface area contributed by atoms with E-state index in [0.717, 1.165) is 57.6 Å². The Kier molecular flexibility index (Phi) is 5.81. The highest BCUT2D eigenvalue weighted by atomic mass is 32.1. The topological polar surface area (TPSA) is 94.5 Å². The molecule has 1 atom stereocenters. The van der Waals surface area contributed by atoms with E-state index in [1.165, 1.54) is 11.1 Å². The number of anilines is 1. The number of carbonyl (C=O) groups excluding carboxylic acids is 1. The highest BCUT2D eigenvalue weighted by Crippen LogP contribution is 2.41. The molecule has 1 amide bonds. The third kappa shape index (κ3) is 3.74. The van der Waals surface area contributed by atoms with E-state index < -0.39 is 0 Å². The summed E-state index contributed by atoms with van der Waals surface area (Å²) in [6, 6.07) is 0.287. The Morgan fingerprint density at radius 3 is 2.79 bits per heavy atom. The maximum Gasteiger partial charge on any atom is 0.233 e. The molecule has 1 fully saturated rings. The Labute approximate surface area is 203 Å². The van der Waals surface area contributed by atoms with Gasteiger partial charge in [0.05, 0.1) is 12.2 Å². The molecule has 2 N–H and O–H groups in total. The van der Waals surface area contributed by atoms with E-state index >= 15 is 0 Å². The van der Waals surface area contributed by atoms with Gasteiger partial charge in [-0.15, -0.1) is 0 Å². The van der Waals surface area contributed by atoms with Gasteiger partial charge in [0.2, 0.25) is 5.91 Å². The van der Waals surface area contributed by atoms with Crippen molar-refractivity contribution in [3.8, 4) is 11.3 Å². The lowest BCUT2D eigenvalue weighted by Gasteiger charge is -2.39.